The first-order valence-corrected chi connectivity index (χ1v) is 9.74. The molecule has 1 aliphatic carbocycles. The van der Waals surface area contributed by atoms with Crippen molar-refractivity contribution in [1.29, 1.82) is 0 Å². The fraction of sp³-hybridized carbons (Fsp3) is 0.706. The maximum atomic E-state index is 10.9. The molecule has 0 bridgehead atoms. The largest absolute Gasteiger partial charge is 0.480 e. The van der Waals surface area contributed by atoms with E-state index in [0.717, 1.165) is 47.3 Å². The Bertz CT molecular complexity index is 748. The lowest BCUT2D eigenvalue weighted by molar-refractivity contribution is -0.139. The first-order valence-electron chi connectivity index (χ1n) is 8.93. The Kier molecular flexibility index (Phi) is 5.41. The number of fused-ring (bicyclic) bond motifs is 1. The SMILES string of the molecule is CCN(CC(=O)O)C1CC(NCc2c(C(C)C)nc3sc(C)nn23)C1. The van der Waals surface area contributed by atoms with Gasteiger partial charge in [0.05, 0.1) is 17.9 Å². The molecular formula is C17H27N5O2S. The minimum atomic E-state index is -0.750. The maximum Gasteiger partial charge on any atom is 0.317 e. The van der Waals surface area contributed by atoms with Gasteiger partial charge in [-0.2, -0.15) is 5.10 Å². The molecule has 1 aliphatic rings. The molecule has 0 aliphatic heterocycles. The second kappa shape index (κ2) is 7.39. The quantitative estimate of drug-likeness (QED) is 0.747. The molecule has 0 spiro atoms. The highest BCUT2D eigenvalue weighted by Crippen LogP contribution is 2.28. The zero-order valence-electron chi connectivity index (χ0n) is 15.3. The molecule has 1 fully saturated rings. The van der Waals surface area contributed by atoms with Gasteiger partial charge in [-0.3, -0.25) is 9.69 Å². The van der Waals surface area contributed by atoms with E-state index in [9.17, 15) is 4.79 Å². The van der Waals surface area contributed by atoms with E-state index in [1.54, 1.807) is 11.3 Å². The first kappa shape index (κ1) is 18.3. The van der Waals surface area contributed by atoms with E-state index < -0.39 is 5.97 Å². The Morgan fingerprint density at radius 1 is 1.48 bits per heavy atom. The second-order valence-corrected chi connectivity index (χ2v) is 8.23. The summed E-state index contributed by atoms with van der Waals surface area (Å²) in [7, 11) is 0. The van der Waals surface area contributed by atoms with Gasteiger partial charge in [-0.05, 0) is 32.2 Å². The number of carboxylic acids is 1. The van der Waals surface area contributed by atoms with Gasteiger partial charge < -0.3 is 10.4 Å². The van der Waals surface area contributed by atoms with E-state index in [2.05, 4.69) is 24.3 Å². The van der Waals surface area contributed by atoms with Crippen molar-refractivity contribution in [1.82, 2.24) is 24.8 Å². The molecular weight excluding hydrogens is 338 g/mol. The van der Waals surface area contributed by atoms with Gasteiger partial charge in [0, 0.05) is 18.6 Å². The van der Waals surface area contributed by atoms with E-state index in [1.165, 1.54) is 0 Å². The smallest absolute Gasteiger partial charge is 0.317 e. The van der Waals surface area contributed by atoms with Crippen LogP contribution in [0.25, 0.3) is 4.96 Å². The highest BCUT2D eigenvalue weighted by molar-refractivity contribution is 7.16. The second-order valence-electron chi connectivity index (χ2n) is 7.07. The molecule has 25 heavy (non-hydrogen) atoms. The predicted molar refractivity (Wildman–Crippen MR) is 98.2 cm³/mol. The number of imidazole rings is 1. The summed E-state index contributed by atoms with van der Waals surface area (Å²) in [6, 6.07) is 0.799. The van der Waals surface area contributed by atoms with Crippen LogP contribution in [0.1, 0.15) is 55.9 Å². The third-order valence-electron chi connectivity index (χ3n) is 4.91. The minimum Gasteiger partial charge on any atom is -0.480 e. The molecule has 0 amide bonds. The number of aryl methyl sites for hydroxylation is 1. The van der Waals surface area contributed by atoms with Gasteiger partial charge in [-0.1, -0.05) is 32.1 Å². The van der Waals surface area contributed by atoms with Gasteiger partial charge in [0.2, 0.25) is 4.96 Å². The number of hydrogen-bond acceptors (Lipinski definition) is 6. The molecule has 2 aromatic rings. The molecule has 0 aromatic carbocycles. The lowest BCUT2D eigenvalue weighted by Crippen LogP contribution is -2.53. The van der Waals surface area contributed by atoms with Crippen molar-refractivity contribution < 1.29 is 9.90 Å². The van der Waals surface area contributed by atoms with Crippen LogP contribution in [0.4, 0.5) is 0 Å². The van der Waals surface area contributed by atoms with Gasteiger partial charge >= 0.3 is 5.97 Å². The van der Waals surface area contributed by atoms with Crippen molar-refractivity contribution in [3.05, 3.63) is 16.4 Å². The maximum absolute atomic E-state index is 10.9. The molecule has 8 heteroatoms. The monoisotopic (exact) mass is 365 g/mol. The van der Waals surface area contributed by atoms with Crippen molar-refractivity contribution in [2.24, 2.45) is 0 Å². The van der Waals surface area contributed by atoms with E-state index in [4.69, 9.17) is 10.1 Å². The summed E-state index contributed by atoms with van der Waals surface area (Å²) in [6.07, 6.45) is 1.99. The summed E-state index contributed by atoms with van der Waals surface area (Å²) in [5.74, 6) is -0.383. The summed E-state index contributed by atoms with van der Waals surface area (Å²) in [6.45, 7) is 10.0. The highest BCUT2D eigenvalue weighted by atomic mass is 32.1. The summed E-state index contributed by atoms with van der Waals surface area (Å²) in [5.41, 5.74) is 2.26. The molecule has 2 N–H and O–H groups in total. The average molecular weight is 366 g/mol. The molecule has 0 unspecified atom stereocenters. The van der Waals surface area contributed by atoms with Crippen molar-refractivity contribution >= 4 is 22.3 Å². The summed E-state index contributed by atoms with van der Waals surface area (Å²) in [5, 5.41) is 18.2. The lowest BCUT2D eigenvalue weighted by Gasteiger charge is -2.42. The number of rotatable bonds is 8. The molecule has 0 saturated heterocycles. The Labute approximate surface area is 152 Å². The van der Waals surface area contributed by atoms with Crippen LogP contribution in [0.2, 0.25) is 0 Å². The van der Waals surface area contributed by atoms with Gasteiger partial charge in [0.1, 0.15) is 5.01 Å². The van der Waals surface area contributed by atoms with Crippen LogP contribution in [-0.4, -0.2) is 55.7 Å². The normalized spacial score (nSPS) is 20.6. The van der Waals surface area contributed by atoms with Crippen LogP contribution in [0, 0.1) is 6.92 Å². The van der Waals surface area contributed by atoms with Crippen LogP contribution in [0.3, 0.4) is 0 Å². The number of likely N-dealkylation sites (N-methyl/N-ethyl adjacent to an activating group) is 1. The Morgan fingerprint density at radius 3 is 2.80 bits per heavy atom. The van der Waals surface area contributed by atoms with Gasteiger partial charge in [0.15, 0.2) is 0 Å². The average Bonchev–Trinajstić information content (AvgIpc) is 3.00. The fourth-order valence-corrected chi connectivity index (χ4v) is 4.26. The third-order valence-corrected chi connectivity index (χ3v) is 5.73. The molecule has 138 valence electrons. The minimum absolute atomic E-state index is 0.132. The molecule has 2 heterocycles. The standard InChI is InChI=1S/C17H27N5O2S/c1-5-21(9-15(23)24)13-6-12(7-13)18-8-14-16(10(2)3)19-17-22(14)20-11(4)25-17/h10,12-13,18H,5-9H2,1-4H3,(H,23,24). The fourth-order valence-electron chi connectivity index (χ4n) is 3.50. The Balaban J connectivity index is 1.61. The number of carboxylic acid groups (broad SMARTS) is 1. The van der Waals surface area contributed by atoms with Crippen LogP contribution in [0.15, 0.2) is 0 Å². The van der Waals surface area contributed by atoms with Crippen LogP contribution in [0.5, 0.6) is 0 Å². The van der Waals surface area contributed by atoms with Gasteiger partial charge in [-0.15, -0.1) is 0 Å². The summed E-state index contributed by atoms with van der Waals surface area (Å²) >= 11 is 1.62. The first-order chi connectivity index (χ1) is 11.9. The topological polar surface area (TPSA) is 82.8 Å². The molecule has 3 rings (SSSR count). The van der Waals surface area contributed by atoms with Crippen molar-refractivity contribution in [2.45, 2.75) is 65.1 Å². The number of carbonyl (C=O) groups is 1. The van der Waals surface area contributed by atoms with Crippen molar-refractivity contribution in [3.63, 3.8) is 0 Å². The summed E-state index contributed by atoms with van der Waals surface area (Å²) in [4.78, 5) is 18.7. The van der Waals surface area contributed by atoms with Crippen LogP contribution >= 0.6 is 11.3 Å². The summed E-state index contributed by atoms with van der Waals surface area (Å²) < 4.78 is 1.97. The lowest BCUT2D eigenvalue weighted by atomic mass is 9.85. The number of aromatic nitrogens is 3. The number of nitrogens with zero attached hydrogens (tertiary/aromatic N) is 4. The van der Waals surface area contributed by atoms with E-state index in [1.807, 2.05) is 23.3 Å². The third kappa shape index (κ3) is 3.86. The Morgan fingerprint density at radius 2 is 2.20 bits per heavy atom. The highest BCUT2D eigenvalue weighted by Gasteiger charge is 2.33. The van der Waals surface area contributed by atoms with E-state index in [-0.39, 0.29) is 6.54 Å². The number of hydrogen-bond donors (Lipinski definition) is 2. The van der Waals surface area contributed by atoms with E-state index >= 15 is 0 Å². The van der Waals surface area contributed by atoms with Crippen LogP contribution < -0.4 is 5.32 Å². The van der Waals surface area contributed by atoms with Crippen molar-refractivity contribution in [3.8, 4) is 0 Å². The zero-order chi connectivity index (χ0) is 18.1. The van der Waals surface area contributed by atoms with Crippen LogP contribution in [-0.2, 0) is 11.3 Å². The molecule has 0 radical (unpaired) electrons. The Hall–Kier alpha value is -1.51. The van der Waals surface area contributed by atoms with Gasteiger partial charge in [0.25, 0.3) is 0 Å². The molecule has 0 atom stereocenters. The number of nitrogens with one attached hydrogen (secondary N) is 1. The number of aliphatic carboxylic acids is 1. The van der Waals surface area contributed by atoms with Gasteiger partial charge in [-0.25, -0.2) is 9.50 Å². The predicted octanol–water partition coefficient (Wildman–Crippen LogP) is 2.25. The molecule has 1 saturated carbocycles. The zero-order valence-corrected chi connectivity index (χ0v) is 16.1. The molecule has 2 aromatic heterocycles. The van der Waals surface area contributed by atoms with E-state index in [0.29, 0.717) is 18.0 Å². The van der Waals surface area contributed by atoms with Crippen molar-refractivity contribution in [2.75, 3.05) is 13.1 Å². The molecule has 7 nitrogen and oxygen atoms in total.